The van der Waals surface area contributed by atoms with Gasteiger partial charge >= 0.3 is 0 Å². The molecule has 0 unspecified atom stereocenters. The van der Waals surface area contributed by atoms with Crippen LogP contribution in [0.5, 0.6) is 0 Å². The fraction of sp³-hybridized carbons (Fsp3) is 0.211. The smallest absolute Gasteiger partial charge is 0.272 e. The minimum absolute atomic E-state index is 0.167. The number of nitrogens with zero attached hydrogens (tertiary/aromatic N) is 1. The molecular formula is C19H25B5N4O2. The van der Waals surface area contributed by atoms with Crippen LogP contribution in [-0.4, -0.2) is 59.2 Å². The number of rotatable bonds is 2. The normalized spacial score (nSPS) is 13.2. The summed E-state index contributed by atoms with van der Waals surface area (Å²) in [4.78, 5) is 38.4. The molecular weight excluding hydrogens is 370 g/mol. The molecule has 0 radical (unpaired) electrons. The molecule has 0 amide bonds. The van der Waals surface area contributed by atoms with Gasteiger partial charge in [-0.15, -0.1) is 16.4 Å². The Balaban J connectivity index is 2.23. The maximum absolute atomic E-state index is 12.8. The van der Waals surface area contributed by atoms with E-state index in [4.69, 9.17) is 0 Å². The van der Waals surface area contributed by atoms with Gasteiger partial charge in [-0.1, -0.05) is 31.7 Å². The van der Waals surface area contributed by atoms with Gasteiger partial charge in [0.2, 0.25) is 0 Å². The lowest BCUT2D eigenvalue weighted by Crippen LogP contribution is -2.56. The van der Waals surface area contributed by atoms with Crippen LogP contribution in [0.3, 0.4) is 0 Å². The predicted molar refractivity (Wildman–Crippen MR) is 139 cm³/mol. The van der Waals surface area contributed by atoms with Crippen LogP contribution in [0.1, 0.15) is 37.7 Å². The first-order valence-electron chi connectivity index (χ1n) is 10.1. The lowest BCUT2D eigenvalue weighted by atomic mass is 9.60. The lowest BCUT2D eigenvalue weighted by molar-refractivity contribution is 0.571. The van der Waals surface area contributed by atoms with E-state index in [1.807, 2.05) is 15.7 Å². The van der Waals surface area contributed by atoms with Crippen molar-refractivity contribution < 1.29 is 0 Å². The van der Waals surface area contributed by atoms with Crippen LogP contribution in [0, 0.1) is 0 Å². The SMILES string of the molecule is Bc1c(B)c(B)c(/C=c2\[nH]c(=O)/c(=C/c3nc[nH]c3C(C)(C)C)[nH]c2=O)c(B)c1B. The molecule has 0 spiro atoms. The van der Waals surface area contributed by atoms with Crippen molar-refractivity contribution in [3.8, 4) is 0 Å². The molecule has 0 bridgehead atoms. The number of hydrogen-bond donors (Lipinski definition) is 3. The summed E-state index contributed by atoms with van der Waals surface area (Å²) < 4.78 is 0. The molecule has 3 aromatic rings. The van der Waals surface area contributed by atoms with Crippen molar-refractivity contribution in [1.29, 1.82) is 0 Å². The van der Waals surface area contributed by atoms with Gasteiger partial charge in [-0.05, 0) is 17.7 Å². The zero-order valence-corrected chi connectivity index (χ0v) is 19.0. The fourth-order valence-electron chi connectivity index (χ4n) is 3.74. The fourth-order valence-corrected chi connectivity index (χ4v) is 3.74. The number of imidazole rings is 1. The summed E-state index contributed by atoms with van der Waals surface area (Å²) in [6.07, 6.45) is 4.97. The van der Waals surface area contributed by atoms with E-state index < -0.39 is 0 Å². The standard InChI is InChI=1S/C19H25B5N4O2/c1-19(2,3)16-8(25-6-26-16)5-10-18(30)27-9(17(29)28-10)4-7-11(20)13(22)15(24)14(23)12(7)21/h4-6H,20-24H2,1-3H3,(H,25,26)(H,27,30)(H,28,29)/b9-4-,10-5-. The molecule has 0 saturated heterocycles. The molecule has 148 valence electrons. The van der Waals surface area contributed by atoms with E-state index in [1.54, 1.807) is 18.5 Å². The molecule has 11 heteroatoms. The van der Waals surface area contributed by atoms with Crippen LogP contribution in [0.2, 0.25) is 0 Å². The minimum atomic E-state index is -0.362. The number of H-pyrrole nitrogens is 3. The highest BCUT2D eigenvalue weighted by Gasteiger charge is 2.19. The third-order valence-corrected chi connectivity index (χ3v) is 6.03. The average Bonchev–Trinajstić information content (AvgIpc) is 3.14. The molecule has 0 aliphatic heterocycles. The first kappa shape index (κ1) is 21.9. The molecule has 0 aliphatic rings. The molecule has 2 aromatic heterocycles. The first-order chi connectivity index (χ1) is 13.9. The van der Waals surface area contributed by atoms with Gasteiger partial charge in [0.25, 0.3) is 11.1 Å². The van der Waals surface area contributed by atoms with E-state index in [1.165, 1.54) is 16.4 Å². The van der Waals surface area contributed by atoms with Gasteiger partial charge in [0.15, 0.2) is 0 Å². The Labute approximate surface area is 179 Å². The van der Waals surface area contributed by atoms with Crippen molar-refractivity contribution >= 4 is 78.7 Å². The Morgan fingerprint density at radius 3 is 1.77 bits per heavy atom. The summed E-state index contributed by atoms with van der Waals surface area (Å²) in [5, 5.41) is 0.420. The Hall–Kier alpha value is -2.83. The van der Waals surface area contributed by atoms with Crippen LogP contribution >= 0.6 is 0 Å². The summed E-state index contributed by atoms with van der Waals surface area (Å²) >= 11 is 0. The topological polar surface area (TPSA) is 94.4 Å². The number of benzene rings is 1. The van der Waals surface area contributed by atoms with Crippen LogP contribution in [0.25, 0.3) is 12.2 Å². The van der Waals surface area contributed by atoms with Gasteiger partial charge in [-0.25, -0.2) is 4.98 Å². The number of aromatic nitrogens is 4. The van der Waals surface area contributed by atoms with E-state index in [2.05, 4.69) is 64.2 Å². The maximum Gasteiger partial charge on any atom is 0.272 e. The van der Waals surface area contributed by atoms with Gasteiger partial charge in [0, 0.05) is 11.1 Å². The van der Waals surface area contributed by atoms with E-state index in [0.717, 1.165) is 22.2 Å². The Bertz CT molecular complexity index is 1350. The summed E-state index contributed by atoms with van der Waals surface area (Å²) in [6.45, 7) is 6.16. The lowest BCUT2D eigenvalue weighted by Gasteiger charge is -2.17. The summed E-state index contributed by atoms with van der Waals surface area (Å²) in [7, 11) is 10.3. The zero-order chi connectivity index (χ0) is 22.4. The molecule has 3 N–H and O–H groups in total. The highest BCUT2D eigenvalue weighted by atomic mass is 16.1. The van der Waals surface area contributed by atoms with Crippen molar-refractivity contribution in [2.75, 3.05) is 0 Å². The van der Waals surface area contributed by atoms with Gasteiger partial charge in [-0.2, -0.15) is 0 Å². The molecule has 30 heavy (non-hydrogen) atoms. The van der Waals surface area contributed by atoms with Crippen LogP contribution < -0.4 is 49.1 Å². The van der Waals surface area contributed by atoms with E-state index in [-0.39, 0.29) is 27.2 Å². The largest absolute Gasteiger partial charge is 0.348 e. The Morgan fingerprint density at radius 1 is 0.800 bits per heavy atom. The third-order valence-electron chi connectivity index (χ3n) is 6.03. The Morgan fingerprint density at radius 2 is 1.27 bits per heavy atom. The van der Waals surface area contributed by atoms with Gasteiger partial charge in [0.05, 0.1) is 12.0 Å². The van der Waals surface area contributed by atoms with E-state index in [9.17, 15) is 9.59 Å². The van der Waals surface area contributed by atoms with Gasteiger partial charge < -0.3 is 15.0 Å². The summed E-state index contributed by atoms with van der Waals surface area (Å²) in [5.74, 6) is 0. The first-order valence-corrected chi connectivity index (χ1v) is 10.1. The average molecular weight is 395 g/mol. The highest BCUT2D eigenvalue weighted by molar-refractivity contribution is 6.67. The summed E-state index contributed by atoms with van der Waals surface area (Å²) in [5.41, 5.74) is 7.49. The Kier molecular flexibility index (Phi) is 5.67. The van der Waals surface area contributed by atoms with Crippen molar-refractivity contribution in [1.82, 2.24) is 19.9 Å². The molecule has 2 heterocycles. The summed E-state index contributed by atoms with van der Waals surface area (Å²) in [6, 6.07) is 0. The quantitative estimate of drug-likeness (QED) is 0.376. The van der Waals surface area contributed by atoms with Crippen molar-refractivity contribution in [3.05, 3.63) is 54.7 Å². The molecule has 6 nitrogen and oxygen atoms in total. The second-order valence-corrected chi connectivity index (χ2v) is 8.98. The molecule has 0 atom stereocenters. The third kappa shape index (κ3) is 3.93. The zero-order valence-electron chi connectivity index (χ0n) is 19.0. The molecule has 0 fully saturated rings. The maximum atomic E-state index is 12.8. The van der Waals surface area contributed by atoms with E-state index >= 15 is 0 Å². The number of aromatic amines is 3. The molecule has 0 aliphatic carbocycles. The predicted octanol–water partition coefficient (Wildman–Crippen LogP) is -7.97. The number of nitrogens with one attached hydrogen (secondary N) is 3. The molecule has 1 aromatic carbocycles. The van der Waals surface area contributed by atoms with Crippen LogP contribution in [0.15, 0.2) is 15.9 Å². The van der Waals surface area contributed by atoms with Crippen molar-refractivity contribution in [2.24, 2.45) is 0 Å². The van der Waals surface area contributed by atoms with Crippen molar-refractivity contribution in [2.45, 2.75) is 26.2 Å². The van der Waals surface area contributed by atoms with Crippen molar-refractivity contribution in [3.63, 3.8) is 0 Å². The minimum Gasteiger partial charge on any atom is -0.348 e. The second kappa shape index (κ2) is 7.78. The monoisotopic (exact) mass is 396 g/mol. The van der Waals surface area contributed by atoms with Gasteiger partial charge in [-0.3, -0.25) is 9.59 Å². The number of hydrogen-bond acceptors (Lipinski definition) is 3. The molecule has 0 saturated carbocycles. The van der Waals surface area contributed by atoms with Crippen LogP contribution in [0.4, 0.5) is 0 Å². The second-order valence-electron chi connectivity index (χ2n) is 8.98. The van der Waals surface area contributed by atoms with Gasteiger partial charge in [0.1, 0.15) is 49.9 Å². The van der Waals surface area contributed by atoms with E-state index in [0.29, 0.717) is 5.69 Å². The van der Waals surface area contributed by atoms with Crippen LogP contribution in [-0.2, 0) is 5.41 Å². The molecule has 3 rings (SSSR count). The highest BCUT2D eigenvalue weighted by Crippen LogP contribution is 2.22.